The largest absolute Gasteiger partial charge is 0.378 e. The molecule has 0 spiro atoms. The lowest BCUT2D eigenvalue weighted by atomic mass is 9.82. The number of benzene rings is 2. The number of hydrogen-bond acceptors (Lipinski definition) is 3. The van der Waals surface area contributed by atoms with Crippen molar-refractivity contribution in [3.63, 3.8) is 0 Å². The molecule has 0 amide bonds. The molecule has 0 bridgehead atoms. The summed E-state index contributed by atoms with van der Waals surface area (Å²) < 4.78 is 0. The molecule has 2 aromatic carbocycles. The maximum absolute atomic E-state index is 4.64. The highest BCUT2D eigenvalue weighted by Gasteiger charge is 2.25. The molecule has 1 aromatic heterocycles. The van der Waals surface area contributed by atoms with Crippen LogP contribution in [0.5, 0.6) is 0 Å². The van der Waals surface area contributed by atoms with Crippen molar-refractivity contribution >= 4 is 11.4 Å². The van der Waals surface area contributed by atoms with Crippen LogP contribution in [0.4, 0.5) is 5.69 Å². The molecule has 3 aromatic rings. The molecule has 4 rings (SSSR count). The predicted molar refractivity (Wildman–Crippen MR) is 135 cm³/mol. The topological polar surface area (TPSA) is 44.0 Å². The number of aromatic nitrogens is 2. The Hall–Kier alpha value is -3.27. The number of nitrogens with one attached hydrogen (secondary N) is 2. The van der Waals surface area contributed by atoms with Gasteiger partial charge in [-0.2, -0.15) is 5.10 Å². The Morgan fingerprint density at radius 2 is 1.94 bits per heavy atom. The molecule has 2 atom stereocenters. The maximum atomic E-state index is 4.64. The number of fused-ring (bicyclic) bond motifs is 1. The lowest BCUT2D eigenvalue weighted by molar-refractivity contribution is 0.576. The molecule has 0 radical (unpaired) electrons. The summed E-state index contributed by atoms with van der Waals surface area (Å²) in [5, 5.41) is 11.5. The SMILES string of the molecule is C=CC(CCc1ccccc1N(C)C)NC(=C)c1n[nH]c2c1CCC(c1ccccc1)C2. The Morgan fingerprint density at radius 1 is 1.19 bits per heavy atom. The second-order valence-corrected chi connectivity index (χ2v) is 8.91. The minimum atomic E-state index is 0.144. The van der Waals surface area contributed by atoms with Gasteiger partial charge in [0, 0.05) is 37.1 Å². The molecule has 4 heteroatoms. The van der Waals surface area contributed by atoms with Crippen molar-refractivity contribution < 1.29 is 0 Å². The predicted octanol–water partition coefficient (Wildman–Crippen LogP) is 5.50. The highest BCUT2D eigenvalue weighted by Crippen LogP contribution is 2.34. The summed E-state index contributed by atoms with van der Waals surface area (Å²) in [5.74, 6) is 0.552. The number of aromatic amines is 1. The fourth-order valence-corrected chi connectivity index (χ4v) is 4.78. The van der Waals surface area contributed by atoms with Crippen molar-refractivity contribution in [3.8, 4) is 0 Å². The molecule has 1 aliphatic carbocycles. The van der Waals surface area contributed by atoms with E-state index in [1.54, 1.807) is 0 Å². The number of aryl methyl sites for hydroxylation is 1. The molecule has 166 valence electrons. The summed E-state index contributed by atoms with van der Waals surface area (Å²) in [4.78, 5) is 2.17. The van der Waals surface area contributed by atoms with Gasteiger partial charge in [-0.15, -0.1) is 6.58 Å². The van der Waals surface area contributed by atoms with Crippen LogP contribution >= 0.6 is 0 Å². The van der Waals surface area contributed by atoms with Gasteiger partial charge in [0.15, 0.2) is 0 Å². The average molecular weight is 427 g/mol. The van der Waals surface area contributed by atoms with Crippen molar-refractivity contribution in [3.05, 3.63) is 102 Å². The second-order valence-electron chi connectivity index (χ2n) is 8.91. The highest BCUT2D eigenvalue weighted by atomic mass is 15.1. The lowest BCUT2D eigenvalue weighted by Gasteiger charge is -2.24. The van der Waals surface area contributed by atoms with Crippen molar-refractivity contribution in [1.29, 1.82) is 0 Å². The molecular formula is C28H34N4. The van der Waals surface area contributed by atoms with E-state index in [0.29, 0.717) is 5.92 Å². The third-order valence-electron chi connectivity index (χ3n) is 6.55. The molecule has 32 heavy (non-hydrogen) atoms. The number of para-hydroxylation sites is 1. The van der Waals surface area contributed by atoms with Crippen LogP contribution in [0, 0.1) is 0 Å². The Bertz CT molecular complexity index is 1060. The van der Waals surface area contributed by atoms with E-state index in [1.165, 1.54) is 28.1 Å². The van der Waals surface area contributed by atoms with Crippen LogP contribution in [0.15, 0.2) is 73.8 Å². The summed E-state index contributed by atoms with van der Waals surface area (Å²) in [6.45, 7) is 8.38. The zero-order chi connectivity index (χ0) is 22.5. The van der Waals surface area contributed by atoms with Gasteiger partial charge in [0.25, 0.3) is 0 Å². The van der Waals surface area contributed by atoms with E-state index in [-0.39, 0.29) is 6.04 Å². The first-order valence-corrected chi connectivity index (χ1v) is 11.5. The van der Waals surface area contributed by atoms with Gasteiger partial charge in [0.05, 0.1) is 5.70 Å². The van der Waals surface area contributed by atoms with Crippen LogP contribution in [0.3, 0.4) is 0 Å². The number of hydrogen-bond donors (Lipinski definition) is 2. The molecule has 2 N–H and O–H groups in total. The monoisotopic (exact) mass is 426 g/mol. The van der Waals surface area contributed by atoms with Crippen LogP contribution in [0.2, 0.25) is 0 Å². The van der Waals surface area contributed by atoms with Gasteiger partial charge in [-0.3, -0.25) is 5.10 Å². The first-order chi connectivity index (χ1) is 15.6. The number of anilines is 1. The van der Waals surface area contributed by atoms with Gasteiger partial charge in [-0.05, 0) is 55.2 Å². The Kier molecular flexibility index (Phi) is 6.79. The molecule has 2 unspecified atom stereocenters. The normalized spacial score (nSPS) is 16.1. The third kappa shape index (κ3) is 4.80. The van der Waals surface area contributed by atoms with E-state index >= 15 is 0 Å². The quantitative estimate of drug-likeness (QED) is 0.444. The van der Waals surface area contributed by atoms with E-state index in [9.17, 15) is 0 Å². The van der Waals surface area contributed by atoms with Gasteiger partial charge in [-0.1, -0.05) is 61.2 Å². The van der Waals surface area contributed by atoms with Gasteiger partial charge in [0.1, 0.15) is 5.69 Å². The molecule has 0 saturated heterocycles. The summed E-state index contributed by atoms with van der Waals surface area (Å²) in [6.07, 6.45) is 7.08. The standard InChI is InChI=1S/C28H34N4/c1-5-24(17-15-22-13-9-10-14-27(22)32(3)4)29-20(2)28-25-18-16-23(19-26(25)30-31-28)21-11-7-6-8-12-21/h5-14,23-24,29H,1-2,15-19H2,3-4H3,(H,30,31). The van der Waals surface area contributed by atoms with E-state index < -0.39 is 0 Å². The van der Waals surface area contributed by atoms with Crippen molar-refractivity contribution in [2.45, 2.75) is 44.1 Å². The molecule has 0 fully saturated rings. The fourth-order valence-electron chi connectivity index (χ4n) is 4.78. The Morgan fingerprint density at radius 3 is 2.69 bits per heavy atom. The van der Waals surface area contributed by atoms with Gasteiger partial charge in [-0.25, -0.2) is 0 Å². The number of rotatable bonds is 9. The zero-order valence-corrected chi connectivity index (χ0v) is 19.3. The second kappa shape index (κ2) is 9.90. The van der Waals surface area contributed by atoms with Gasteiger partial charge in [0.2, 0.25) is 0 Å². The van der Waals surface area contributed by atoms with E-state index in [4.69, 9.17) is 0 Å². The van der Waals surface area contributed by atoms with E-state index in [1.807, 2.05) is 6.08 Å². The van der Waals surface area contributed by atoms with Crippen molar-refractivity contribution in [2.24, 2.45) is 0 Å². The Labute approximate surface area is 192 Å². The zero-order valence-electron chi connectivity index (χ0n) is 19.3. The molecular weight excluding hydrogens is 392 g/mol. The summed E-state index contributed by atoms with van der Waals surface area (Å²) in [6, 6.07) is 19.5. The molecule has 0 aliphatic heterocycles. The minimum absolute atomic E-state index is 0.144. The molecule has 4 nitrogen and oxygen atoms in total. The number of nitrogens with zero attached hydrogens (tertiary/aromatic N) is 2. The summed E-state index contributed by atoms with van der Waals surface area (Å²) in [7, 11) is 4.18. The summed E-state index contributed by atoms with van der Waals surface area (Å²) in [5.41, 5.74) is 8.45. The van der Waals surface area contributed by atoms with Crippen LogP contribution < -0.4 is 10.2 Å². The van der Waals surface area contributed by atoms with Crippen molar-refractivity contribution in [2.75, 3.05) is 19.0 Å². The third-order valence-corrected chi connectivity index (χ3v) is 6.55. The molecule has 1 aliphatic rings. The van der Waals surface area contributed by atoms with Crippen LogP contribution in [0.1, 0.15) is 46.8 Å². The van der Waals surface area contributed by atoms with Crippen molar-refractivity contribution in [1.82, 2.24) is 15.5 Å². The first-order valence-electron chi connectivity index (χ1n) is 11.5. The van der Waals surface area contributed by atoms with Crippen LogP contribution in [-0.2, 0) is 19.3 Å². The average Bonchev–Trinajstić information content (AvgIpc) is 3.25. The summed E-state index contributed by atoms with van der Waals surface area (Å²) >= 11 is 0. The van der Waals surface area contributed by atoms with E-state index in [2.05, 4.69) is 102 Å². The molecule has 0 saturated carbocycles. The number of H-pyrrole nitrogens is 1. The lowest BCUT2D eigenvalue weighted by Crippen LogP contribution is -2.26. The first kappa shape index (κ1) is 21.9. The fraction of sp³-hybridized carbons (Fsp3) is 0.321. The molecule has 1 heterocycles. The minimum Gasteiger partial charge on any atom is -0.378 e. The van der Waals surface area contributed by atoms with Crippen LogP contribution in [0.25, 0.3) is 5.70 Å². The van der Waals surface area contributed by atoms with Gasteiger partial charge < -0.3 is 10.2 Å². The smallest absolute Gasteiger partial charge is 0.111 e. The Balaban J connectivity index is 1.40. The maximum Gasteiger partial charge on any atom is 0.111 e. The van der Waals surface area contributed by atoms with E-state index in [0.717, 1.165) is 43.5 Å². The van der Waals surface area contributed by atoms with Crippen LogP contribution in [-0.4, -0.2) is 30.3 Å². The van der Waals surface area contributed by atoms with Gasteiger partial charge >= 0.3 is 0 Å². The highest BCUT2D eigenvalue weighted by molar-refractivity contribution is 5.63.